The van der Waals surface area contributed by atoms with E-state index in [1.54, 1.807) is 35.8 Å². The van der Waals surface area contributed by atoms with Crippen LogP contribution in [0.5, 0.6) is 23.0 Å². The van der Waals surface area contributed by atoms with Gasteiger partial charge in [-0.3, -0.25) is 14.2 Å². The van der Waals surface area contributed by atoms with Crippen molar-refractivity contribution in [3.8, 4) is 23.0 Å². The lowest BCUT2D eigenvalue weighted by Crippen LogP contribution is -2.43. The van der Waals surface area contributed by atoms with E-state index in [4.69, 9.17) is 23.9 Å². The largest absolute Gasteiger partial charge is 0.497 e. The van der Waals surface area contributed by atoms with Crippen molar-refractivity contribution in [1.82, 2.24) is 9.47 Å². The number of benzene rings is 3. The number of methoxy groups -OCH3 is 2. The number of hydrogen-bond acceptors (Lipinski definition) is 8. The minimum Gasteiger partial charge on any atom is -0.497 e. The van der Waals surface area contributed by atoms with Gasteiger partial charge < -0.3 is 23.8 Å². The molecule has 0 saturated carbocycles. The average Bonchev–Trinajstić information content (AvgIpc) is 3.38. The Morgan fingerprint density at radius 2 is 1.59 bits per heavy atom. The van der Waals surface area contributed by atoms with E-state index in [-0.39, 0.29) is 11.5 Å². The lowest BCUT2D eigenvalue weighted by Gasteiger charge is -2.30. The number of allylic oxidation sites excluding steroid dienone is 1. The van der Waals surface area contributed by atoms with E-state index in [2.05, 4.69) is 32.9 Å². The molecule has 9 nitrogen and oxygen atoms in total. The minimum absolute atomic E-state index is 0.177. The van der Waals surface area contributed by atoms with Crippen molar-refractivity contribution in [2.75, 3.05) is 33.9 Å². The number of nitrogens with zero attached hydrogens (tertiary/aromatic N) is 3. The summed E-state index contributed by atoms with van der Waals surface area (Å²) in [5, 5.41) is 0. The first kappa shape index (κ1) is 35.5. The molecule has 0 aliphatic carbocycles. The van der Waals surface area contributed by atoms with E-state index in [9.17, 15) is 9.59 Å². The van der Waals surface area contributed by atoms with E-state index in [0.29, 0.717) is 75.5 Å². The van der Waals surface area contributed by atoms with Crippen LogP contribution in [0.4, 0.5) is 0 Å². The first-order valence-corrected chi connectivity index (χ1v) is 17.4. The molecule has 0 fully saturated rings. The normalized spacial score (nSPS) is 14.3. The third kappa shape index (κ3) is 7.15. The van der Waals surface area contributed by atoms with E-state index >= 15 is 0 Å². The summed E-state index contributed by atoms with van der Waals surface area (Å²) in [4.78, 5) is 35.5. The molecule has 1 aliphatic rings. The average molecular weight is 684 g/mol. The maximum Gasteiger partial charge on any atom is 0.271 e. The van der Waals surface area contributed by atoms with Gasteiger partial charge in [-0.2, -0.15) is 0 Å². The van der Waals surface area contributed by atoms with Crippen LogP contribution in [0.25, 0.3) is 6.08 Å². The van der Waals surface area contributed by atoms with Gasteiger partial charge in [-0.05, 0) is 107 Å². The molecular formula is C39H45N3O6S. The van der Waals surface area contributed by atoms with Gasteiger partial charge >= 0.3 is 0 Å². The molecule has 4 aromatic rings. The lowest BCUT2D eigenvalue weighted by atomic mass is 9.93. The van der Waals surface area contributed by atoms with Gasteiger partial charge in [-0.15, -0.1) is 0 Å². The highest BCUT2D eigenvalue weighted by atomic mass is 32.1. The first-order chi connectivity index (χ1) is 23.5. The van der Waals surface area contributed by atoms with Crippen molar-refractivity contribution in [2.24, 2.45) is 4.99 Å². The Balaban J connectivity index is 1.61. The number of aromatic nitrogens is 1. The van der Waals surface area contributed by atoms with Crippen LogP contribution in [0.1, 0.15) is 67.1 Å². The number of aryl methyl sites for hydroxylation is 3. The maximum atomic E-state index is 14.4. The Morgan fingerprint density at radius 3 is 2.22 bits per heavy atom. The molecule has 1 atom stereocenters. The second kappa shape index (κ2) is 15.2. The van der Waals surface area contributed by atoms with E-state index < -0.39 is 6.04 Å². The monoisotopic (exact) mass is 683 g/mol. The molecule has 0 N–H and O–H groups in total. The second-order valence-corrected chi connectivity index (χ2v) is 13.0. The topological polar surface area (TPSA) is 91.6 Å². The van der Waals surface area contributed by atoms with Crippen molar-refractivity contribution in [3.63, 3.8) is 0 Å². The third-order valence-corrected chi connectivity index (χ3v) is 9.79. The SMILES string of the molecule is CCOc1cc(/C=c2/sc3n(c2=O)[C@@H](c2cc(OC)ccc2OC)C(C(=O)N(CC)CC)=C(C)N=3)ccc1OCc1c(C)cc(C)cc1C. The molecule has 258 valence electrons. The highest BCUT2D eigenvalue weighted by Gasteiger charge is 2.36. The van der Waals surface area contributed by atoms with Crippen LogP contribution in [0, 0.1) is 20.8 Å². The van der Waals surface area contributed by atoms with Crippen LogP contribution >= 0.6 is 11.3 Å². The minimum atomic E-state index is -0.778. The van der Waals surface area contributed by atoms with Gasteiger partial charge in [-0.1, -0.05) is 35.1 Å². The van der Waals surface area contributed by atoms with Gasteiger partial charge in [0.1, 0.15) is 24.1 Å². The Hall–Kier alpha value is -4.83. The molecule has 0 saturated heterocycles. The summed E-state index contributed by atoms with van der Waals surface area (Å²) < 4.78 is 25.7. The predicted molar refractivity (Wildman–Crippen MR) is 194 cm³/mol. The third-order valence-electron chi connectivity index (χ3n) is 8.81. The number of rotatable bonds is 12. The van der Waals surface area contributed by atoms with Crippen molar-refractivity contribution in [1.29, 1.82) is 0 Å². The number of fused-ring (bicyclic) bond motifs is 1. The molecule has 49 heavy (non-hydrogen) atoms. The molecular weight excluding hydrogens is 639 g/mol. The van der Waals surface area contributed by atoms with E-state index in [0.717, 1.165) is 11.1 Å². The summed E-state index contributed by atoms with van der Waals surface area (Å²) in [5.74, 6) is 2.16. The van der Waals surface area contributed by atoms with E-state index in [1.807, 2.05) is 58.0 Å². The molecule has 0 radical (unpaired) electrons. The van der Waals surface area contributed by atoms with E-state index in [1.165, 1.54) is 28.0 Å². The zero-order valence-corrected chi connectivity index (χ0v) is 30.6. The zero-order valence-electron chi connectivity index (χ0n) is 29.8. The standard InChI is InChI=1S/C39H45N3O6S/c1-10-41(11-2)38(44)35-26(7)40-39-42(36(35)29-21-28(45-8)14-16-31(29)46-9)37(43)34(49-39)20-27-13-15-32(33(19-27)47-12-3)48-22-30-24(5)17-23(4)18-25(30)6/h13-21,36H,10-12,22H2,1-9H3/b34-20+/t36-/m0/s1. The molecule has 1 aliphatic heterocycles. The van der Waals surface area contributed by atoms with Crippen molar-refractivity contribution in [2.45, 2.75) is 61.1 Å². The van der Waals surface area contributed by atoms with Crippen molar-refractivity contribution in [3.05, 3.63) is 113 Å². The summed E-state index contributed by atoms with van der Waals surface area (Å²) in [5.41, 5.74) is 6.86. The Kier molecular flexibility index (Phi) is 11.0. The van der Waals surface area contributed by atoms with Crippen LogP contribution in [0.3, 0.4) is 0 Å². The molecule has 5 rings (SSSR count). The van der Waals surface area contributed by atoms with Gasteiger partial charge in [0.15, 0.2) is 16.3 Å². The highest BCUT2D eigenvalue weighted by Crippen LogP contribution is 2.38. The van der Waals surface area contributed by atoms with Crippen LogP contribution in [0.2, 0.25) is 0 Å². The summed E-state index contributed by atoms with van der Waals surface area (Å²) in [6.07, 6.45) is 1.83. The zero-order chi connectivity index (χ0) is 35.4. The molecule has 1 aromatic heterocycles. The smallest absolute Gasteiger partial charge is 0.271 e. The fourth-order valence-corrected chi connectivity index (χ4v) is 7.41. The van der Waals surface area contributed by atoms with Crippen LogP contribution in [0.15, 0.2) is 69.6 Å². The molecule has 0 unspecified atom stereocenters. The van der Waals surface area contributed by atoms with Crippen LogP contribution in [-0.2, 0) is 11.4 Å². The number of ether oxygens (including phenoxy) is 4. The molecule has 0 bridgehead atoms. The maximum absolute atomic E-state index is 14.4. The summed E-state index contributed by atoms with van der Waals surface area (Å²) in [6, 6.07) is 14.6. The van der Waals surface area contributed by atoms with Crippen molar-refractivity contribution < 1.29 is 23.7 Å². The summed E-state index contributed by atoms with van der Waals surface area (Å²) in [7, 11) is 3.15. The Bertz CT molecular complexity index is 2070. The van der Waals surface area contributed by atoms with Gasteiger partial charge in [0.25, 0.3) is 11.5 Å². The van der Waals surface area contributed by atoms with Gasteiger partial charge in [0.2, 0.25) is 0 Å². The Morgan fingerprint density at radius 1 is 0.898 bits per heavy atom. The fraction of sp³-hybridized carbons (Fsp3) is 0.359. The number of hydrogen-bond donors (Lipinski definition) is 0. The predicted octanol–water partition coefficient (Wildman–Crippen LogP) is 6.02. The second-order valence-electron chi connectivity index (χ2n) is 12.0. The molecule has 10 heteroatoms. The number of thiazole rings is 1. The number of carbonyl (C=O) groups excluding carboxylic acids is 1. The van der Waals surface area contributed by atoms with Gasteiger partial charge in [0.05, 0.1) is 36.6 Å². The van der Waals surface area contributed by atoms with Crippen LogP contribution < -0.4 is 33.8 Å². The van der Waals surface area contributed by atoms with Gasteiger partial charge in [-0.25, -0.2) is 4.99 Å². The number of amides is 1. The Labute approximate surface area is 291 Å². The lowest BCUT2D eigenvalue weighted by molar-refractivity contribution is -0.127. The fourth-order valence-electron chi connectivity index (χ4n) is 6.36. The molecule has 2 heterocycles. The number of carbonyl (C=O) groups is 1. The molecule has 1 amide bonds. The summed E-state index contributed by atoms with van der Waals surface area (Å²) in [6.45, 7) is 15.8. The van der Waals surface area contributed by atoms with Gasteiger partial charge in [0, 0.05) is 18.7 Å². The number of likely N-dealkylation sites (N-methyl/N-ethyl adjacent to an activating group) is 1. The summed E-state index contributed by atoms with van der Waals surface area (Å²) >= 11 is 1.28. The van der Waals surface area contributed by atoms with Crippen molar-refractivity contribution >= 4 is 23.3 Å². The first-order valence-electron chi connectivity index (χ1n) is 16.5. The van der Waals surface area contributed by atoms with Crippen LogP contribution in [-0.4, -0.2) is 49.3 Å². The highest BCUT2D eigenvalue weighted by molar-refractivity contribution is 7.07. The molecule has 0 spiro atoms. The quantitative estimate of drug-likeness (QED) is 0.181. The molecule has 3 aromatic carbocycles.